The number of hydrogen-bond donors (Lipinski definition) is 2. The number of aryl methyl sites for hydroxylation is 1. The molecule has 1 amide bonds. The largest absolute Gasteiger partial charge is 0.396 e. The van der Waals surface area contributed by atoms with Crippen LogP contribution in [0.3, 0.4) is 0 Å². The Labute approximate surface area is 179 Å². The molecular formula is C27H31NO2. The van der Waals surface area contributed by atoms with E-state index in [-0.39, 0.29) is 18.4 Å². The molecule has 0 spiro atoms. The average Bonchev–Trinajstić information content (AvgIpc) is 2.80. The van der Waals surface area contributed by atoms with E-state index in [0.717, 1.165) is 31.2 Å². The van der Waals surface area contributed by atoms with Crippen LogP contribution < -0.4 is 5.32 Å². The van der Waals surface area contributed by atoms with Crippen molar-refractivity contribution in [2.45, 2.75) is 32.2 Å². The molecule has 0 saturated carbocycles. The summed E-state index contributed by atoms with van der Waals surface area (Å²) in [5.41, 5.74) is 3.58. The number of benzene rings is 3. The lowest BCUT2D eigenvalue weighted by Crippen LogP contribution is -2.37. The quantitative estimate of drug-likeness (QED) is 0.485. The second-order valence-electron chi connectivity index (χ2n) is 7.82. The van der Waals surface area contributed by atoms with Crippen LogP contribution in [0.25, 0.3) is 0 Å². The number of aliphatic hydroxyl groups is 1. The molecule has 2 atom stereocenters. The van der Waals surface area contributed by atoms with Crippen LogP contribution in [-0.4, -0.2) is 17.6 Å². The fourth-order valence-electron chi connectivity index (χ4n) is 3.94. The van der Waals surface area contributed by atoms with Crippen LogP contribution in [-0.2, 0) is 24.2 Å². The Balaban J connectivity index is 1.64. The first-order valence-electron chi connectivity index (χ1n) is 10.8. The highest BCUT2D eigenvalue weighted by molar-refractivity contribution is 5.79. The summed E-state index contributed by atoms with van der Waals surface area (Å²) in [6.07, 6.45) is 3.66. The minimum Gasteiger partial charge on any atom is -0.396 e. The molecule has 2 unspecified atom stereocenters. The molecule has 3 heteroatoms. The monoisotopic (exact) mass is 401 g/mol. The maximum absolute atomic E-state index is 12.9. The standard InChI is InChI=1S/C27H31NO2/c29-21-26(27(30)28-20-24-15-8-3-9-16-24)25(19-23-13-6-2-7-14-23)18-10-17-22-11-4-1-5-12-22/h1-9,11-16,25-26,29H,10,17-21H2,(H,28,30). The van der Waals surface area contributed by atoms with Gasteiger partial charge in [0.1, 0.15) is 0 Å². The van der Waals surface area contributed by atoms with Crippen molar-refractivity contribution in [3.05, 3.63) is 108 Å². The van der Waals surface area contributed by atoms with E-state index in [0.29, 0.717) is 6.54 Å². The van der Waals surface area contributed by atoms with Gasteiger partial charge in [0.25, 0.3) is 0 Å². The minimum absolute atomic E-state index is 0.0676. The van der Waals surface area contributed by atoms with Gasteiger partial charge in [-0.2, -0.15) is 0 Å². The molecule has 0 radical (unpaired) electrons. The van der Waals surface area contributed by atoms with Gasteiger partial charge >= 0.3 is 0 Å². The van der Waals surface area contributed by atoms with Crippen molar-refractivity contribution in [3.63, 3.8) is 0 Å². The second kappa shape index (κ2) is 11.9. The van der Waals surface area contributed by atoms with Crippen LogP contribution in [0.1, 0.15) is 29.5 Å². The topological polar surface area (TPSA) is 49.3 Å². The summed E-state index contributed by atoms with van der Waals surface area (Å²) in [7, 11) is 0. The van der Waals surface area contributed by atoms with Gasteiger partial charge in [0, 0.05) is 6.54 Å². The molecule has 3 aromatic carbocycles. The van der Waals surface area contributed by atoms with Gasteiger partial charge in [-0.15, -0.1) is 0 Å². The van der Waals surface area contributed by atoms with E-state index in [2.05, 4.69) is 41.7 Å². The Bertz CT molecular complexity index is 865. The van der Waals surface area contributed by atoms with Gasteiger partial charge in [-0.1, -0.05) is 91.0 Å². The Morgan fingerprint density at radius 1 is 0.767 bits per heavy atom. The maximum atomic E-state index is 12.9. The van der Waals surface area contributed by atoms with Gasteiger partial charge < -0.3 is 10.4 Å². The van der Waals surface area contributed by atoms with Gasteiger partial charge in [-0.05, 0) is 48.3 Å². The van der Waals surface area contributed by atoms with Crippen LogP contribution in [0.15, 0.2) is 91.0 Å². The van der Waals surface area contributed by atoms with E-state index >= 15 is 0 Å². The Kier molecular flexibility index (Phi) is 8.67. The first-order valence-corrected chi connectivity index (χ1v) is 10.8. The molecule has 0 aliphatic heterocycles. The van der Waals surface area contributed by atoms with Crippen molar-refractivity contribution < 1.29 is 9.90 Å². The summed E-state index contributed by atoms with van der Waals surface area (Å²) in [4.78, 5) is 12.9. The molecule has 3 nitrogen and oxygen atoms in total. The number of carbonyl (C=O) groups is 1. The summed E-state index contributed by atoms with van der Waals surface area (Å²) >= 11 is 0. The first kappa shape index (κ1) is 21.8. The number of nitrogens with one attached hydrogen (secondary N) is 1. The van der Waals surface area contributed by atoms with Gasteiger partial charge in [-0.25, -0.2) is 0 Å². The summed E-state index contributed by atoms with van der Waals surface area (Å²) in [5.74, 6) is -0.386. The highest BCUT2D eigenvalue weighted by Gasteiger charge is 2.27. The molecule has 0 aromatic heterocycles. The van der Waals surface area contributed by atoms with E-state index in [1.54, 1.807) is 0 Å². The van der Waals surface area contributed by atoms with E-state index in [9.17, 15) is 9.90 Å². The molecule has 0 aliphatic rings. The molecule has 3 aromatic rings. The molecule has 156 valence electrons. The summed E-state index contributed by atoms with van der Waals surface area (Å²) in [6, 6.07) is 30.6. The zero-order valence-electron chi connectivity index (χ0n) is 17.4. The molecule has 0 bridgehead atoms. The smallest absolute Gasteiger partial charge is 0.225 e. The zero-order chi connectivity index (χ0) is 21.0. The number of aliphatic hydroxyl groups excluding tert-OH is 1. The van der Waals surface area contributed by atoms with Crippen LogP contribution in [0.5, 0.6) is 0 Å². The molecule has 0 saturated heterocycles. The van der Waals surface area contributed by atoms with E-state index in [4.69, 9.17) is 0 Å². The highest BCUT2D eigenvalue weighted by atomic mass is 16.3. The van der Waals surface area contributed by atoms with Crippen molar-refractivity contribution in [3.8, 4) is 0 Å². The average molecular weight is 402 g/mol. The summed E-state index contributed by atoms with van der Waals surface area (Å²) in [6.45, 7) is 0.349. The van der Waals surface area contributed by atoms with Crippen LogP contribution >= 0.6 is 0 Å². The van der Waals surface area contributed by atoms with Gasteiger partial charge in [0.15, 0.2) is 0 Å². The lowest BCUT2D eigenvalue weighted by molar-refractivity contribution is -0.128. The fourth-order valence-corrected chi connectivity index (χ4v) is 3.94. The van der Waals surface area contributed by atoms with Crippen molar-refractivity contribution in [1.82, 2.24) is 5.32 Å². The molecule has 30 heavy (non-hydrogen) atoms. The lowest BCUT2D eigenvalue weighted by Gasteiger charge is -2.25. The third-order valence-corrected chi connectivity index (χ3v) is 5.64. The van der Waals surface area contributed by atoms with Crippen LogP contribution in [0.2, 0.25) is 0 Å². The van der Waals surface area contributed by atoms with Crippen molar-refractivity contribution >= 4 is 5.91 Å². The second-order valence-corrected chi connectivity index (χ2v) is 7.82. The number of rotatable bonds is 11. The van der Waals surface area contributed by atoms with Crippen molar-refractivity contribution in [1.29, 1.82) is 0 Å². The zero-order valence-corrected chi connectivity index (χ0v) is 17.4. The summed E-state index contributed by atoms with van der Waals surface area (Å²) < 4.78 is 0. The van der Waals surface area contributed by atoms with Crippen molar-refractivity contribution in [2.75, 3.05) is 6.61 Å². The normalized spacial score (nSPS) is 12.8. The van der Waals surface area contributed by atoms with E-state index < -0.39 is 5.92 Å². The fraction of sp³-hybridized carbons (Fsp3) is 0.296. The lowest BCUT2D eigenvalue weighted by atomic mass is 9.82. The summed E-state index contributed by atoms with van der Waals surface area (Å²) in [5, 5.41) is 13.1. The van der Waals surface area contributed by atoms with Gasteiger partial charge in [0.2, 0.25) is 5.91 Å². The molecule has 0 aliphatic carbocycles. The molecule has 0 heterocycles. The third kappa shape index (κ3) is 6.85. The van der Waals surface area contributed by atoms with E-state index in [1.807, 2.05) is 54.6 Å². The Hall–Kier alpha value is -2.91. The van der Waals surface area contributed by atoms with Gasteiger partial charge in [0.05, 0.1) is 12.5 Å². The number of carbonyl (C=O) groups excluding carboxylic acids is 1. The van der Waals surface area contributed by atoms with Gasteiger partial charge in [-0.3, -0.25) is 4.79 Å². The molecule has 0 fully saturated rings. The van der Waals surface area contributed by atoms with Crippen molar-refractivity contribution in [2.24, 2.45) is 11.8 Å². The van der Waals surface area contributed by atoms with E-state index in [1.165, 1.54) is 11.1 Å². The minimum atomic E-state index is -0.412. The molecular weight excluding hydrogens is 370 g/mol. The first-order chi connectivity index (χ1) is 14.8. The third-order valence-electron chi connectivity index (χ3n) is 5.64. The van der Waals surface area contributed by atoms with Crippen LogP contribution in [0, 0.1) is 11.8 Å². The Morgan fingerprint density at radius 2 is 1.30 bits per heavy atom. The Morgan fingerprint density at radius 3 is 1.87 bits per heavy atom. The predicted octanol–water partition coefficient (Wildman–Crippen LogP) is 4.79. The molecule has 2 N–H and O–H groups in total. The SMILES string of the molecule is O=C(NCc1ccccc1)C(CO)C(CCCc1ccccc1)Cc1ccccc1. The van der Waals surface area contributed by atoms with Crippen LogP contribution in [0.4, 0.5) is 0 Å². The molecule has 3 rings (SSSR count). The number of hydrogen-bond acceptors (Lipinski definition) is 2. The maximum Gasteiger partial charge on any atom is 0.225 e. The number of amides is 1. The highest BCUT2D eigenvalue weighted by Crippen LogP contribution is 2.24. The predicted molar refractivity (Wildman–Crippen MR) is 122 cm³/mol.